The van der Waals surface area contributed by atoms with Gasteiger partial charge in [-0.15, -0.1) is 0 Å². The Morgan fingerprint density at radius 2 is 2.05 bits per heavy atom. The number of esters is 1. The lowest BCUT2D eigenvalue weighted by molar-refractivity contribution is -0.161. The molecule has 0 bridgehead atoms. The summed E-state index contributed by atoms with van der Waals surface area (Å²) in [4.78, 5) is 12.3. The highest BCUT2D eigenvalue weighted by molar-refractivity contribution is 5.73. The Bertz CT molecular complexity index is 493. The van der Waals surface area contributed by atoms with Crippen molar-refractivity contribution in [2.75, 3.05) is 19.7 Å². The Morgan fingerprint density at radius 1 is 1.32 bits per heavy atom. The molecular formula is C18H27NO3. The summed E-state index contributed by atoms with van der Waals surface area (Å²) in [6.07, 6.45) is 2.40. The van der Waals surface area contributed by atoms with Crippen LogP contribution < -0.4 is 10.1 Å². The molecule has 0 saturated carbocycles. The van der Waals surface area contributed by atoms with Crippen LogP contribution in [-0.2, 0) is 16.0 Å². The number of benzene rings is 1. The Hall–Kier alpha value is -1.55. The van der Waals surface area contributed by atoms with E-state index in [-0.39, 0.29) is 12.4 Å². The van der Waals surface area contributed by atoms with Gasteiger partial charge in [-0.25, -0.2) is 0 Å². The molecule has 1 aliphatic rings. The summed E-state index contributed by atoms with van der Waals surface area (Å²) in [6.45, 7) is 8.62. The highest BCUT2D eigenvalue weighted by atomic mass is 16.6. The summed E-state index contributed by atoms with van der Waals surface area (Å²) in [6, 6.07) is 7.65. The van der Waals surface area contributed by atoms with E-state index in [1.54, 1.807) is 0 Å². The molecule has 2 rings (SSSR count). The van der Waals surface area contributed by atoms with Gasteiger partial charge in [0.1, 0.15) is 11.4 Å². The predicted octanol–water partition coefficient (Wildman–Crippen LogP) is 2.95. The highest BCUT2D eigenvalue weighted by Gasteiger charge is 2.33. The van der Waals surface area contributed by atoms with Gasteiger partial charge in [0.15, 0.2) is 0 Å². The monoisotopic (exact) mass is 305 g/mol. The number of hydrogen-bond acceptors (Lipinski definition) is 4. The molecule has 122 valence electrons. The second-order valence-electron chi connectivity index (χ2n) is 6.36. The molecule has 4 heteroatoms. The van der Waals surface area contributed by atoms with Crippen LogP contribution in [0.25, 0.3) is 0 Å². The molecule has 22 heavy (non-hydrogen) atoms. The van der Waals surface area contributed by atoms with Crippen LogP contribution in [-0.4, -0.2) is 31.3 Å². The number of piperidine rings is 1. The Balaban J connectivity index is 1.92. The molecular weight excluding hydrogens is 278 g/mol. The van der Waals surface area contributed by atoms with Crippen molar-refractivity contribution < 1.29 is 14.3 Å². The van der Waals surface area contributed by atoms with Crippen LogP contribution in [0, 0.1) is 5.92 Å². The highest BCUT2D eigenvalue weighted by Crippen LogP contribution is 2.29. The summed E-state index contributed by atoms with van der Waals surface area (Å²) >= 11 is 0. The smallest absolute Gasteiger partial charge is 0.310 e. The number of rotatable bonds is 6. The summed E-state index contributed by atoms with van der Waals surface area (Å²) in [5.74, 6) is 1.05. The van der Waals surface area contributed by atoms with Crippen molar-refractivity contribution in [1.29, 1.82) is 0 Å². The summed E-state index contributed by atoms with van der Waals surface area (Å²) in [5, 5.41) is 3.34. The lowest BCUT2D eigenvalue weighted by Gasteiger charge is -2.36. The van der Waals surface area contributed by atoms with Gasteiger partial charge in [-0.3, -0.25) is 4.79 Å². The summed E-state index contributed by atoms with van der Waals surface area (Å²) in [7, 11) is 0. The van der Waals surface area contributed by atoms with E-state index in [1.165, 1.54) is 0 Å². The minimum absolute atomic E-state index is 0.169. The van der Waals surface area contributed by atoms with Gasteiger partial charge >= 0.3 is 5.97 Å². The molecule has 1 aromatic rings. The molecule has 1 saturated heterocycles. The maximum atomic E-state index is 12.3. The zero-order valence-electron chi connectivity index (χ0n) is 13.9. The third-order valence-corrected chi connectivity index (χ3v) is 4.26. The van der Waals surface area contributed by atoms with Gasteiger partial charge in [0.25, 0.3) is 0 Å². The van der Waals surface area contributed by atoms with Crippen molar-refractivity contribution in [2.24, 2.45) is 5.92 Å². The van der Waals surface area contributed by atoms with Crippen LogP contribution in [0.5, 0.6) is 5.75 Å². The van der Waals surface area contributed by atoms with Crippen LogP contribution >= 0.6 is 0 Å². The molecule has 0 radical (unpaired) electrons. The first-order valence-corrected chi connectivity index (χ1v) is 8.15. The number of nitrogens with one attached hydrogen (secondary N) is 1. The standard InChI is InChI=1S/C18H27NO3/c1-4-21-16-7-5-6-14(12-16)13-17(20)22-18(2,3)15-8-10-19-11-9-15/h5-7,12,15,19H,4,8-11,13H2,1-3H3. The number of hydrogen-bond donors (Lipinski definition) is 1. The molecule has 0 spiro atoms. The molecule has 1 heterocycles. The summed E-state index contributed by atoms with van der Waals surface area (Å²) < 4.78 is 11.2. The van der Waals surface area contributed by atoms with Crippen LogP contribution in [0.2, 0.25) is 0 Å². The molecule has 1 aliphatic heterocycles. The molecule has 0 aromatic heterocycles. The lowest BCUT2D eigenvalue weighted by atomic mass is 9.83. The van der Waals surface area contributed by atoms with Crippen molar-refractivity contribution in [3.63, 3.8) is 0 Å². The zero-order valence-corrected chi connectivity index (χ0v) is 13.9. The van der Waals surface area contributed by atoms with Gasteiger partial charge in [-0.05, 0) is 64.4 Å². The SMILES string of the molecule is CCOc1cccc(CC(=O)OC(C)(C)C2CCNCC2)c1. The fraction of sp³-hybridized carbons (Fsp3) is 0.611. The third kappa shape index (κ3) is 4.73. The second kappa shape index (κ2) is 7.63. The van der Waals surface area contributed by atoms with Crippen LogP contribution in [0.15, 0.2) is 24.3 Å². The van der Waals surface area contributed by atoms with Gasteiger partial charge in [0.05, 0.1) is 13.0 Å². The van der Waals surface area contributed by atoms with E-state index in [1.807, 2.05) is 45.0 Å². The minimum Gasteiger partial charge on any atom is -0.494 e. The first-order chi connectivity index (χ1) is 10.5. The van der Waals surface area contributed by atoms with Gasteiger partial charge in [0.2, 0.25) is 0 Å². The molecule has 1 N–H and O–H groups in total. The number of carbonyl (C=O) groups excluding carboxylic acids is 1. The van der Waals surface area contributed by atoms with E-state index >= 15 is 0 Å². The van der Waals surface area contributed by atoms with Crippen LogP contribution in [0.1, 0.15) is 39.2 Å². The fourth-order valence-corrected chi connectivity index (χ4v) is 3.01. The molecule has 1 fully saturated rings. The van der Waals surface area contributed by atoms with Gasteiger partial charge in [-0.1, -0.05) is 12.1 Å². The predicted molar refractivity (Wildman–Crippen MR) is 87.1 cm³/mol. The molecule has 0 unspecified atom stereocenters. The van der Waals surface area contributed by atoms with E-state index in [0.717, 1.165) is 37.2 Å². The van der Waals surface area contributed by atoms with Crippen molar-refractivity contribution >= 4 is 5.97 Å². The Morgan fingerprint density at radius 3 is 2.73 bits per heavy atom. The Labute approximate surface area is 133 Å². The molecule has 4 nitrogen and oxygen atoms in total. The fourth-order valence-electron chi connectivity index (χ4n) is 3.01. The van der Waals surface area contributed by atoms with Crippen molar-refractivity contribution in [3.8, 4) is 5.75 Å². The Kier molecular flexibility index (Phi) is 5.83. The normalized spacial score (nSPS) is 16.3. The average Bonchev–Trinajstić information content (AvgIpc) is 2.48. The van der Waals surface area contributed by atoms with Crippen molar-refractivity contribution in [1.82, 2.24) is 5.32 Å². The van der Waals surface area contributed by atoms with Gasteiger partial charge in [-0.2, -0.15) is 0 Å². The van der Waals surface area contributed by atoms with Crippen LogP contribution in [0.3, 0.4) is 0 Å². The molecule has 0 amide bonds. The third-order valence-electron chi connectivity index (χ3n) is 4.26. The largest absolute Gasteiger partial charge is 0.494 e. The average molecular weight is 305 g/mol. The van der Waals surface area contributed by atoms with Crippen molar-refractivity contribution in [2.45, 2.75) is 45.6 Å². The molecule has 0 atom stereocenters. The van der Waals surface area contributed by atoms with E-state index in [2.05, 4.69) is 5.32 Å². The zero-order chi connectivity index (χ0) is 16.0. The minimum atomic E-state index is -0.406. The van der Waals surface area contributed by atoms with E-state index in [4.69, 9.17) is 9.47 Å². The first-order valence-electron chi connectivity index (χ1n) is 8.15. The summed E-state index contributed by atoms with van der Waals surface area (Å²) in [5.41, 5.74) is 0.522. The molecule has 1 aromatic carbocycles. The van der Waals surface area contributed by atoms with Gasteiger partial charge in [0, 0.05) is 5.92 Å². The quantitative estimate of drug-likeness (QED) is 0.821. The topological polar surface area (TPSA) is 47.6 Å². The van der Waals surface area contributed by atoms with Crippen LogP contribution in [0.4, 0.5) is 0 Å². The van der Waals surface area contributed by atoms with Gasteiger partial charge < -0.3 is 14.8 Å². The second-order valence-corrected chi connectivity index (χ2v) is 6.36. The van der Waals surface area contributed by atoms with E-state index in [9.17, 15) is 4.79 Å². The van der Waals surface area contributed by atoms with E-state index in [0.29, 0.717) is 12.5 Å². The lowest BCUT2D eigenvalue weighted by Crippen LogP contribution is -2.43. The number of ether oxygens (including phenoxy) is 2. The first kappa shape index (κ1) is 16.8. The van der Waals surface area contributed by atoms with E-state index < -0.39 is 5.60 Å². The maximum absolute atomic E-state index is 12.3. The molecule has 0 aliphatic carbocycles. The maximum Gasteiger partial charge on any atom is 0.310 e. The van der Waals surface area contributed by atoms with Crippen molar-refractivity contribution in [3.05, 3.63) is 29.8 Å². The number of carbonyl (C=O) groups is 1.